The Hall–Kier alpha value is -2.19. The highest BCUT2D eigenvalue weighted by atomic mass is 32.2. The quantitative estimate of drug-likeness (QED) is 0.550. The maximum atomic E-state index is 13.0. The summed E-state index contributed by atoms with van der Waals surface area (Å²) in [7, 11) is 0. The van der Waals surface area contributed by atoms with Gasteiger partial charge in [-0.3, -0.25) is 0 Å². The van der Waals surface area contributed by atoms with E-state index in [1.807, 2.05) is 19.9 Å². The lowest BCUT2D eigenvalue weighted by Crippen LogP contribution is -2.28. The van der Waals surface area contributed by atoms with Crippen LogP contribution < -0.4 is 5.32 Å². The zero-order chi connectivity index (χ0) is 20.3. The minimum absolute atomic E-state index is 0.256. The molecule has 0 atom stereocenters. The van der Waals surface area contributed by atoms with E-state index in [-0.39, 0.29) is 6.61 Å². The third-order valence-electron chi connectivity index (χ3n) is 4.57. The molecule has 1 N–H and O–H groups in total. The molecule has 0 radical (unpaired) electrons. The summed E-state index contributed by atoms with van der Waals surface area (Å²) in [4.78, 5) is 16.1. The molecule has 0 aromatic heterocycles. The van der Waals surface area contributed by atoms with Gasteiger partial charge in [-0.1, -0.05) is 31.7 Å². The summed E-state index contributed by atoms with van der Waals surface area (Å²) < 4.78 is 44.4. The number of anilines is 2. The fourth-order valence-corrected chi connectivity index (χ4v) is 3.95. The van der Waals surface area contributed by atoms with Gasteiger partial charge < -0.3 is 15.0 Å². The lowest BCUT2D eigenvalue weighted by Gasteiger charge is -2.24. The van der Waals surface area contributed by atoms with Crippen molar-refractivity contribution in [3.63, 3.8) is 0 Å². The van der Waals surface area contributed by atoms with Crippen LogP contribution in [0.1, 0.15) is 29.8 Å². The second-order valence-corrected chi connectivity index (χ2v) is 7.36. The Kier molecular flexibility index (Phi) is 6.20. The van der Waals surface area contributed by atoms with E-state index in [1.54, 1.807) is 12.1 Å². The van der Waals surface area contributed by atoms with Gasteiger partial charge in [-0.2, -0.15) is 13.2 Å². The summed E-state index contributed by atoms with van der Waals surface area (Å²) in [5, 5.41) is 2.99. The highest BCUT2D eigenvalue weighted by molar-refractivity contribution is 7.99. The van der Waals surface area contributed by atoms with Gasteiger partial charge in [-0.15, -0.1) is 0 Å². The van der Waals surface area contributed by atoms with Crippen LogP contribution in [0.15, 0.2) is 46.2 Å². The van der Waals surface area contributed by atoms with Crippen LogP contribution in [0, 0.1) is 0 Å². The van der Waals surface area contributed by atoms with Crippen molar-refractivity contribution in [1.82, 2.24) is 4.90 Å². The van der Waals surface area contributed by atoms with Crippen molar-refractivity contribution >= 4 is 29.1 Å². The number of likely N-dealkylation sites (N-methyl/N-ethyl adjacent to an activating group) is 1. The standard InChI is InChI=1S/C20H21F3N2O2S/c1-3-25(4-2)10-11-27-19(26)14-6-5-7-17-18(14)24-15-12-13(20(21,22)23)8-9-16(15)28-17/h5-9,12,24H,3-4,10-11H2,1-2H3. The number of benzene rings is 2. The third kappa shape index (κ3) is 4.44. The van der Waals surface area contributed by atoms with Gasteiger partial charge in [0.1, 0.15) is 6.61 Å². The van der Waals surface area contributed by atoms with Gasteiger partial charge in [0.25, 0.3) is 0 Å². The van der Waals surface area contributed by atoms with Gasteiger partial charge in [0, 0.05) is 16.3 Å². The average Bonchev–Trinajstić information content (AvgIpc) is 2.68. The Bertz CT molecular complexity index is 867. The fraction of sp³-hybridized carbons (Fsp3) is 0.350. The average molecular weight is 410 g/mol. The van der Waals surface area contributed by atoms with Crippen molar-refractivity contribution in [2.75, 3.05) is 31.6 Å². The number of hydrogen-bond acceptors (Lipinski definition) is 5. The van der Waals surface area contributed by atoms with Crippen molar-refractivity contribution in [2.45, 2.75) is 29.8 Å². The summed E-state index contributed by atoms with van der Waals surface area (Å²) in [6.07, 6.45) is -4.43. The Balaban J connectivity index is 1.79. The van der Waals surface area contributed by atoms with Gasteiger partial charge in [0.15, 0.2) is 0 Å². The first-order valence-electron chi connectivity index (χ1n) is 9.02. The number of alkyl halides is 3. The Morgan fingerprint density at radius 1 is 1.14 bits per heavy atom. The lowest BCUT2D eigenvalue weighted by molar-refractivity contribution is -0.137. The summed E-state index contributed by atoms with van der Waals surface area (Å²) in [6, 6.07) is 8.74. The minimum atomic E-state index is -4.43. The first-order valence-corrected chi connectivity index (χ1v) is 9.83. The molecule has 1 aliphatic rings. The van der Waals surface area contributed by atoms with Crippen molar-refractivity contribution < 1.29 is 22.7 Å². The van der Waals surface area contributed by atoms with Gasteiger partial charge >= 0.3 is 12.1 Å². The van der Waals surface area contributed by atoms with Crippen LogP contribution in [0.4, 0.5) is 24.5 Å². The van der Waals surface area contributed by atoms with Crippen LogP contribution in [-0.4, -0.2) is 37.1 Å². The van der Waals surface area contributed by atoms with Crippen LogP contribution in [0.5, 0.6) is 0 Å². The normalized spacial score (nSPS) is 12.9. The molecule has 28 heavy (non-hydrogen) atoms. The smallest absolute Gasteiger partial charge is 0.416 e. The summed E-state index contributed by atoms with van der Waals surface area (Å²) in [5.74, 6) is -0.493. The molecule has 1 heterocycles. The molecular weight excluding hydrogens is 389 g/mol. The first kappa shape index (κ1) is 20.5. The number of ether oxygens (including phenoxy) is 1. The number of nitrogens with zero attached hydrogens (tertiary/aromatic N) is 1. The molecule has 2 aromatic carbocycles. The number of para-hydroxylation sites is 1. The van der Waals surface area contributed by atoms with E-state index in [2.05, 4.69) is 10.2 Å². The first-order chi connectivity index (χ1) is 13.3. The maximum absolute atomic E-state index is 13.0. The van der Waals surface area contributed by atoms with E-state index in [0.29, 0.717) is 28.4 Å². The zero-order valence-corrected chi connectivity index (χ0v) is 16.4. The molecule has 3 rings (SSSR count). The highest BCUT2D eigenvalue weighted by Gasteiger charge is 2.32. The Labute approximate surface area is 166 Å². The summed E-state index contributed by atoms with van der Waals surface area (Å²) in [5.41, 5.74) is 0.387. The largest absolute Gasteiger partial charge is 0.461 e. The van der Waals surface area contributed by atoms with Crippen LogP contribution in [0.2, 0.25) is 0 Å². The van der Waals surface area contributed by atoms with E-state index < -0.39 is 17.7 Å². The summed E-state index contributed by atoms with van der Waals surface area (Å²) >= 11 is 1.32. The number of fused-ring (bicyclic) bond motifs is 2. The molecule has 0 spiro atoms. The molecule has 0 saturated carbocycles. The maximum Gasteiger partial charge on any atom is 0.416 e. The molecule has 2 aromatic rings. The number of carbonyl (C=O) groups is 1. The number of rotatable bonds is 6. The number of carbonyl (C=O) groups excluding carboxylic acids is 1. The predicted molar refractivity (Wildman–Crippen MR) is 103 cm³/mol. The molecule has 150 valence electrons. The third-order valence-corrected chi connectivity index (χ3v) is 5.70. The predicted octanol–water partition coefficient (Wildman–Crippen LogP) is 5.41. The van der Waals surface area contributed by atoms with E-state index in [0.717, 1.165) is 30.1 Å². The molecule has 0 saturated heterocycles. The summed E-state index contributed by atoms with van der Waals surface area (Å²) in [6.45, 7) is 6.69. The Morgan fingerprint density at radius 2 is 1.89 bits per heavy atom. The second kappa shape index (κ2) is 8.45. The number of hydrogen-bond donors (Lipinski definition) is 1. The molecule has 8 heteroatoms. The molecule has 0 bridgehead atoms. The highest BCUT2D eigenvalue weighted by Crippen LogP contribution is 2.47. The van der Waals surface area contributed by atoms with Crippen molar-refractivity contribution in [3.05, 3.63) is 47.5 Å². The van der Waals surface area contributed by atoms with E-state index >= 15 is 0 Å². The van der Waals surface area contributed by atoms with Crippen LogP contribution in [-0.2, 0) is 10.9 Å². The van der Waals surface area contributed by atoms with Gasteiger partial charge in [-0.05, 0) is 43.4 Å². The van der Waals surface area contributed by atoms with E-state index in [1.165, 1.54) is 17.8 Å². The van der Waals surface area contributed by atoms with Gasteiger partial charge in [-0.25, -0.2) is 4.79 Å². The molecule has 4 nitrogen and oxygen atoms in total. The molecule has 0 unspecified atom stereocenters. The van der Waals surface area contributed by atoms with Gasteiger partial charge in [0.05, 0.1) is 22.5 Å². The van der Waals surface area contributed by atoms with Gasteiger partial charge in [0.2, 0.25) is 0 Å². The molecule has 0 fully saturated rings. The second-order valence-electron chi connectivity index (χ2n) is 6.28. The molecular formula is C20H21F3N2O2S. The number of halogens is 3. The van der Waals surface area contributed by atoms with E-state index in [4.69, 9.17) is 4.74 Å². The van der Waals surface area contributed by atoms with Crippen LogP contribution in [0.3, 0.4) is 0 Å². The SMILES string of the molecule is CCN(CC)CCOC(=O)c1cccc2c1Nc1cc(C(F)(F)F)ccc1S2. The molecule has 0 amide bonds. The lowest BCUT2D eigenvalue weighted by atomic mass is 10.1. The topological polar surface area (TPSA) is 41.6 Å². The van der Waals surface area contributed by atoms with Crippen molar-refractivity contribution in [1.29, 1.82) is 0 Å². The monoisotopic (exact) mass is 410 g/mol. The van der Waals surface area contributed by atoms with Crippen molar-refractivity contribution in [3.8, 4) is 0 Å². The van der Waals surface area contributed by atoms with Crippen LogP contribution >= 0.6 is 11.8 Å². The van der Waals surface area contributed by atoms with Crippen molar-refractivity contribution in [2.24, 2.45) is 0 Å². The molecule has 1 aliphatic heterocycles. The van der Waals surface area contributed by atoms with E-state index in [9.17, 15) is 18.0 Å². The van der Waals surface area contributed by atoms with Crippen LogP contribution in [0.25, 0.3) is 0 Å². The Morgan fingerprint density at radius 3 is 2.57 bits per heavy atom. The zero-order valence-electron chi connectivity index (χ0n) is 15.6. The minimum Gasteiger partial charge on any atom is -0.461 e. The fourth-order valence-electron chi connectivity index (χ4n) is 2.95. The molecule has 0 aliphatic carbocycles. The number of nitrogens with one attached hydrogen (secondary N) is 1. The number of esters is 1.